The maximum absolute atomic E-state index is 12.0. The topological polar surface area (TPSA) is 217 Å². The SMILES string of the molecule is COc1cc([C@H]2OC[C@](O)(Cc3cc(OC)c(O)c(-c4cc(C[C@@]5(O)CO[C@H](c6ccc(O)c(OC)c6)[C@H]5CO)cc(OC)c4O)c3)[C@@H]2CO)ccc1O. The molecule has 6 rings (SSSR count). The number of ether oxygens (including phenoxy) is 6. The number of aliphatic hydroxyl groups is 4. The van der Waals surface area contributed by atoms with Crippen LogP contribution in [0, 0.1) is 11.8 Å². The summed E-state index contributed by atoms with van der Waals surface area (Å²) in [5.74, 6) is -1.83. The summed E-state index contributed by atoms with van der Waals surface area (Å²) in [5, 5.41) is 87.9. The van der Waals surface area contributed by atoms with E-state index in [0.29, 0.717) is 22.3 Å². The van der Waals surface area contributed by atoms with Gasteiger partial charge >= 0.3 is 0 Å². The molecule has 0 radical (unpaired) electrons. The second-order valence-corrected chi connectivity index (χ2v) is 13.9. The molecule has 2 aliphatic heterocycles. The van der Waals surface area contributed by atoms with Gasteiger partial charge in [-0.2, -0.15) is 0 Å². The van der Waals surface area contributed by atoms with Crippen LogP contribution in [0.5, 0.6) is 46.0 Å². The number of phenols is 4. The molecular weight excluding hydrogens is 704 g/mol. The first-order chi connectivity index (χ1) is 25.8. The van der Waals surface area contributed by atoms with Crippen LogP contribution in [0.4, 0.5) is 0 Å². The number of methoxy groups -OCH3 is 4. The average Bonchev–Trinajstić information content (AvgIpc) is 3.68. The molecule has 4 aromatic rings. The number of benzene rings is 4. The van der Waals surface area contributed by atoms with Crippen LogP contribution in [0.15, 0.2) is 60.7 Å². The monoisotopic (exact) mass is 750 g/mol. The molecular formula is C40H46O14. The first-order valence-electron chi connectivity index (χ1n) is 17.3. The Hall–Kier alpha value is -4.96. The van der Waals surface area contributed by atoms with E-state index in [-0.39, 0.29) is 83.2 Å². The number of phenolic OH excluding ortho intramolecular Hbond substituents is 4. The van der Waals surface area contributed by atoms with Crippen molar-refractivity contribution < 1.29 is 69.3 Å². The van der Waals surface area contributed by atoms with Gasteiger partial charge in [-0.05, 0) is 70.8 Å². The van der Waals surface area contributed by atoms with Crippen molar-refractivity contribution >= 4 is 0 Å². The van der Waals surface area contributed by atoms with E-state index in [9.17, 15) is 40.9 Å². The van der Waals surface area contributed by atoms with Crippen LogP contribution in [0.2, 0.25) is 0 Å². The zero-order chi connectivity index (χ0) is 38.9. The number of hydrogen-bond donors (Lipinski definition) is 8. The van der Waals surface area contributed by atoms with Crippen molar-refractivity contribution in [2.24, 2.45) is 11.8 Å². The zero-order valence-corrected chi connectivity index (χ0v) is 30.4. The molecule has 2 saturated heterocycles. The molecule has 0 amide bonds. The number of rotatable bonds is 13. The van der Waals surface area contributed by atoms with Crippen LogP contribution < -0.4 is 18.9 Å². The minimum atomic E-state index is -1.59. The van der Waals surface area contributed by atoms with E-state index >= 15 is 0 Å². The highest BCUT2D eigenvalue weighted by molar-refractivity contribution is 5.81. The van der Waals surface area contributed by atoms with Gasteiger partial charge in [-0.15, -0.1) is 0 Å². The molecule has 14 heteroatoms. The lowest BCUT2D eigenvalue weighted by molar-refractivity contribution is -0.0155. The normalized spacial score (nSPS) is 25.1. The fraction of sp³-hybridized carbons (Fsp3) is 0.400. The molecule has 8 N–H and O–H groups in total. The van der Waals surface area contributed by atoms with Crippen molar-refractivity contribution in [2.75, 3.05) is 54.9 Å². The predicted molar refractivity (Wildman–Crippen MR) is 193 cm³/mol. The molecule has 54 heavy (non-hydrogen) atoms. The van der Waals surface area contributed by atoms with E-state index in [2.05, 4.69) is 0 Å². The molecule has 0 spiro atoms. The summed E-state index contributed by atoms with van der Waals surface area (Å²) >= 11 is 0. The highest BCUT2D eigenvalue weighted by Gasteiger charge is 2.50. The van der Waals surface area contributed by atoms with Gasteiger partial charge in [-0.3, -0.25) is 0 Å². The Labute approximate surface area is 311 Å². The van der Waals surface area contributed by atoms with Crippen LogP contribution in [0.25, 0.3) is 11.1 Å². The van der Waals surface area contributed by atoms with Gasteiger partial charge < -0.3 is 69.3 Å². The second kappa shape index (κ2) is 15.4. The molecule has 0 aromatic heterocycles. The Bertz CT molecular complexity index is 1840. The Morgan fingerprint density at radius 2 is 0.926 bits per heavy atom. The van der Waals surface area contributed by atoms with Gasteiger partial charge in [0.25, 0.3) is 0 Å². The standard InChI is InChI=1S/C40H46O14/c1-49-31-13-23(5-7-29(31)43)37-27(17-41)39(47,19-53-37)15-21-9-25(35(45)33(11-21)51-3)26-10-22(12-34(52-4)36(26)46)16-40(48)20-54-38(28(40)18-42)24-6-8-30(44)32(14-24)50-2/h5-14,27-28,37-38,41-48H,15-20H2,1-4H3/t27-,28-,37-,38-,39-,40-/m1/s1. The molecule has 0 aliphatic carbocycles. The van der Waals surface area contributed by atoms with Crippen molar-refractivity contribution in [1.29, 1.82) is 0 Å². The summed E-state index contributed by atoms with van der Waals surface area (Å²) < 4.78 is 33.5. The maximum Gasteiger partial charge on any atom is 0.165 e. The first kappa shape index (κ1) is 38.8. The van der Waals surface area contributed by atoms with Crippen molar-refractivity contribution in [1.82, 2.24) is 0 Å². The van der Waals surface area contributed by atoms with Crippen LogP contribution in [-0.2, 0) is 22.3 Å². The summed E-state index contributed by atoms with van der Waals surface area (Å²) in [5.41, 5.74) is -0.782. The lowest BCUT2D eigenvalue weighted by Gasteiger charge is -2.30. The van der Waals surface area contributed by atoms with E-state index in [4.69, 9.17) is 28.4 Å². The van der Waals surface area contributed by atoms with E-state index in [1.807, 2.05) is 0 Å². The minimum Gasteiger partial charge on any atom is -0.504 e. The Morgan fingerprint density at radius 3 is 1.26 bits per heavy atom. The van der Waals surface area contributed by atoms with Crippen LogP contribution in [0.3, 0.4) is 0 Å². The van der Waals surface area contributed by atoms with E-state index in [1.165, 1.54) is 40.6 Å². The molecule has 0 saturated carbocycles. The largest absolute Gasteiger partial charge is 0.504 e. The Morgan fingerprint density at radius 1 is 0.556 bits per heavy atom. The molecule has 2 heterocycles. The summed E-state index contributed by atoms with van der Waals surface area (Å²) in [7, 11) is 5.55. The number of aromatic hydroxyl groups is 4. The summed E-state index contributed by atoms with van der Waals surface area (Å²) in [4.78, 5) is 0. The van der Waals surface area contributed by atoms with Gasteiger partial charge in [0.2, 0.25) is 0 Å². The third-order valence-corrected chi connectivity index (χ3v) is 10.6. The number of aliphatic hydroxyl groups excluding tert-OH is 2. The highest BCUT2D eigenvalue weighted by atomic mass is 16.5. The molecule has 2 fully saturated rings. The number of hydrogen-bond acceptors (Lipinski definition) is 14. The van der Waals surface area contributed by atoms with Crippen molar-refractivity contribution in [2.45, 2.75) is 36.3 Å². The molecule has 14 nitrogen and oxygen atoms in total. The summed E-state index contributed by atoms with van der Waals surface area (Å²) in [6, 6.07) is 15.6. The van der Waals surface area contributed by atoms with Gasteiger partial charge in [-0.1, -0.05) is 12.1 Å². The third-order valence-electron chi connectivity index (χ3n) is 10.6. The Kier molecular flexibility index (Phi) is 11.1. The summed E-state index contributed by atoms with van der Waals surface area (Å²) in [6.45, 7) is -1.17. The molecule has 6 atom stereocenters. The van der Waals surface area contributed by atoms with Gasteiger partial charge in [0.1, 0.15) is 0 Å². The van der Waals surface area contributed by atoms with Crippen LogP contribution in [0.1, 0.15) is 34.5 Å². The Balaban J connectivity index is 1.33. The lowest BCUT2D eigenvalue weighted by atomic mass is 9.79. The summed E-state index contributed by atoms with van der Waals surface area (Å²) in [6.07, 6.45) is -1.57. The van der Waals surface area contributed by atoms with Gasteiger partial charge in [0.15, 0.2) is 46.0 Å². The van der Waals surface area contributed by atoms with Gasteiger partial charge in [0.05, 0.1) is 78.3 Å². The van der Waals surface area contributed by atoms with Crippen molar-refractivity contribution in [3.63, 3.8) is 0 Å². The van der Waals surface area contributed by atoms with E-state index in [1.54, 1.807) is 48.5 Å². The minimum absolute atomic E-state index is 0.0458. The highest BCUT2D eigenvalue weighted by Crippen LogP contribution is 2.50. The maximum atomic E-state index is 12.0. The molecule has 0 unspecified atom stereocenters. The third kappa shape index (κ3) is 7.04. The van der Waals surface area contributed by atoms with Crippen LogP contribution >= 0.6 is 0 Å². The molecule has 2 aliphatic rings. The molecule has 290 valence electrons. The predicted octanol–water partition coefficient (Wildman–Crippen LogP) is 3.52. The fourth-order valence-electron chi connectivity index (χ4n) is 7.74. The first-order valence-corrected chi connectivity index (χ1v) is 17.3. The fourth-order valence-corrected chi connectivity index (χ4v) is 7.74. The van der Waals surface area contributed by atoms with Gasteiger partial charge in [-0.25, -0.2) is 0 Å². The molecule has 4 aromatic carbocycles. The second-order valence-electron chi connectivity index (χ2n) is 13.9. The smallest absolute Gasteiger partial charge is 0.165 e. The molecule has 0 bridgehead atoms. The average molecular weight is 751 g/mol. The van der Waals surface area contributed by atoms with Crippen molar-refractivity contribution in [3.05, 3.63) is 82.9 Å². The lowest BCUT2D eigenvalue weighted by Crippen LogP contribution is -2.42. The zero-order valence-electron chi connectivity index (χ0n) is 30.4. The van der Waals surface area contributed by atoms with E-state index in [0.717, 1.165) is 0 Å². The van der Waals surface area contributed by atoms with Crippen molar-refractivity contribution in [3.8, 4) is 57.1 Å². The van der Waals surface area contributed by atoms with Crippen LogP contribution in [-0.4, -0.2) is 107 Å². The van der Waals surface area contributed by atoms with Gasteiger partial charge in [0, 0.05) is 35.8 Å². The quantitative estimate of drug-likeness (QED) is 0.0982. The van der Waals surface area contributed by atoms with E-state index < -0.39 is 48.5 Å².